The van der Waals surface area contributed by atoms with Gasteiger partial charge in [0.1, 0.15) is 4.88 Å². The standard InChI is InChI=1S/C15H15FN2O4S/c1-7-13(23-8(2)17-7)14(19)18-12(15(20)21)9-4-5-11(22-3)10(16)6-9/h4-6,12H,1-3H3,(H,18,19)(H,20,21). The Balaban J connectivity index is 2.29. The van der Waals surface area contributed by atoms with Crippen LogP contribution in [0, 0.1) is 19.7 Å². The van der Waals surface area contributed by atoms with E-state index in [0.717, 1.165) is 6.07 Å². The van der Waals surface area contributed by atoms with Gasteiger partial charge in [0.05, 0.1) is 17.8 Å². The first-order chi connectivity index (χ1) is 10.8. The molecule has 6 nitrogen and oxygen atoms in total. The number of hydrogen-bond acceptors (Lipinski definition) is 5. The highest BCUT2D eigenvalue weighted by Gasteiger charge is 2.25. The molecule has 0 fully saturated rings. The number of carboxylic acid groups (broad SMARTS) is 1. The van der Waals surface area contributed by atoms with Gasteiger partial charge in [0.15, 0.2) is 17.6 Å². The zero-order valence-corrected chi connectivity index (χ0v) is 13.5. The van der Waals surface area contributed by atoms with Crippen molar-refractivity contribution in [2.45, 2.75) is 19.9 Å². The van der Waals surface area contributed by atoms with Crippen molar-refractivity contribution < 1.29 is 23.8 Å². The van der Waals surface area contributed by atoms with E-state index in [-0.39, 0.29) is 11.3 Å². The third-order valence-electron chi connectivity index (χ3n) is 3.14. The summed E-state index contributed by atoms with van der Waals surface area (Å²) in [7, 11) is 1.31. The highest BCUT2D eigenvalue weighted by molar-refractivity contribution is 7.13. The number of ether oxygens (including phenoxy) is 1. The maximum Gasteiger partial charge on any atom is 0.330 e. The molecule has 0 saturated heterocycles. The number of rotatable bonds is 5. The summed E-state index contributed by atoms with van der Waals surface area (Å²) in [5.74, 6) is -2.55. The van der Waals surface area contributed by atoms with Crippen LogP contribution in [0.4, 0.5) is 4.39 Å². The summed E-state index contributed by atoms with van der Waals surface area (Å²) in [6.45, 7) is 3.42. The molecule has 0 bridgehead atoms. The van der Waals surface area contributed by atoms with E-state index in [0.29, 0.717) is 15.6 Å². The summed E-state index contributed by atoms with van der Waals surface area (Å²) in [4.78, 5) is 28.2. The molecular weight excluding hydrogens is 323 g/mol. The molecule has 1 aromatic carbocycles. The topological polar surface area (TPSA) is 88.5 Å². The minimum absolute atomic E-state index is 0.00172. The van der Waals surface area contributed by atoms with Crippen LogP contribution in [0.15, 0.2) is 18.2 Å². The predicted octanol–water partition coefficient (Wildman–Crippen LogP) is 2.46. The van der Waals surface area contributed by atoms with E-state index >= 15 is 0 Å². The van der Waals surface area contributed by atoms with Gasteiger partial charge in [-0.25, -0.2) is 14.2 Å². The van der Waals surface area contributed by atoms with Gasteiger partial charge in [-0.2, -0.15) is 0 Å². The molecule has 0 aliphatic heterocycles. The number of hydrogen-bond donors (Lipinski definition) is 2. The van der Waals surface area contributed by atoms with Crippen LogP contribution in [0.2, 0.25) is 0 Å². The molecule has 2 N–H and O–H groups in total. The minimum Gasteiger partial charge on any atom is -0.494 e. The molecule has 0 aliphatic rings. The average molecular weight is 338 g/mol. The lowest BCUT2D eigenvalue weighted by atomic mass is 10.1. The molecule has 1 unspecified atom stereocenters. The van der Waals surface area contributed by atoms with Crippen LogP contribution in [0.1, 0.15) is 32.0 Å². The van der Waals surface area contributed by atoms with Gasteiger partial charge in [0, 0.05) is 0 Å². The number of aromatic nitrogens is 1. The maximum atomic E-state index is 13.8. The van der Waals surface area contributed by atoms with Crippen LogP contribution in [0.25, 0.3) is 0 Å². The quantitative estimate of drug-likeness (QED) is 0.874. The fraction of sp³-hybridized carbons (Fsp3) is 0.267. The lowest BCUT2D eigenvalue weighted by Gasteiger charge is -2.15. The minimum atomic E-state index is -1.37. The fourth-order valence-corrected chi connectivity index (χ4v) is 2.91. The van der Waals surface area contributed by atoms with Gasteiger partial charge in [-0.15, -0.1) is 11.3 Å². The fourth-order valence-electron chi connectivity index (χ4n) is 2.09. The number of carbonyl (C=O) groups is 2. The van der Waals surface area contributed by atoms with Crippen molar-refractivity contribution in [2.24, 2.45) is 0 Å². The lowest BCUT2D eigenvalue weighted by molar-refractivity contribution is -0.139. The Bertz CT molecular complexity index is 760. The first-order valence-electron chi connectivity index (χ1n) is 6.64. The van der Waals surface area contributed by atoms with Crippen molar-refractivity contribution in [1.29, 1.82) is 0 Å². The molecule has 1 amide bonds. The Labute approximate surface area is 135 Å². The maximum absolute atomic E-state index is 13.8. The number of thiazole rings is 1. The van der Waals surface area contributed by atoms with Crippen molar-refractivity contribution in [3.05, 3.63) is 45.2 Å². The predicted molar refractivity (Wildman–Crippen MR) is 82.4 cm³/mol. The smallest absolute Gasteiger partial charge is 0.330 e. The van der Waals surface area contributed by atoms with E-state index < -0.39 is 23.7 Å². The molecule has 0 aliphatic carbocycles. The summed E-state index contributed by atoms with van der Waals surface area (Å²) in [6.07, 6.45) is 0. The number of methoxy groups -OCH3 is 1. The van der Waals surface area contributed by atoms with Crippen LogP contribution < -0.4 is 10.1 Å². The lowest BCUT2D eigenvalue weighted by Crippen LogP contribution is -2.33. The van der Waals surface area contributed by atoms with Gasteiger partial charge in [-0.3, -0.25) is 4.79 Å². The Morgan fingerprint density at radius 3 is 2.57 bits per heavy atom. The third kappa shape index (κ3) is 3.65. The summed E-state index contributed by atoms with van der Waals surface area (Å²) in [6, 6.07) is 2.37. The average Bonchev–Trinajstić information content (AvgIpc) is 2.83. The first kappa shape index (κ1) is 16.9. The Morgan fingerprint density at radius 2 is 2.09 bits per heavy atom. The second kappa shape index (κ2) is 6.74. The number of nitrogens with one attached hydrogen (secondary N) is 1. The van der Waals surface area contributed by atoms with Gasteiger partial charge in [-0.1, -0.05) is 6.07 Å². The largest absolute Gasteiger partial charge is 0.494 e. The second-order valence-corrected chi connectivity index (χ2v) is 5.99. The molecule has 1 heterocycles. The number of benzene rings is 1. The summed E-state index contributed by atoms with van der Waals surface area (Å²) < 4.78 is 18.6. The summed E-state index contributed by atoms with van der Waals surface area (Å²) >= 11 is 1.17. The van der Waals surface area contributed by atoms with Crippen LogP contribution in [0.3, 0.4) is 0 Å². The highest BCUT2D eigenvalue weighted by Crippen LogP contribution is 2.23. The Kier molecular flexibility index (Phi) is 4.95. The molecular formula is C15H15FN2O4S. The number of carbonyl (C=O) groups excluding carboxylic acids is 1. The SMILES string of the molecule is COc1ccc(C(NC(=O)c2sc(C)nc2C)C(=O)O)cc1F. The van der Waals surface area contributed by atoms with E-state index in [9.17, 15) is 19.1 Å². The third-order valence-corrected chi connectivity index (χ3v) is 4.21. The molecule has 2 aromatic rings. The number of amides is 1. The Morgan fingerprint density at radius 1 is 1.39 bits per heavy atom. The van der Waals surface area contributed by atoms with E-state index in [4.69, 9.17) is 4.74 Å². The molecule has 122 valence electrons. The molecule has 1 atom stereocenters. The molecule has 0 spiro atoms. The number of carboxylic acids is 1. The van der Waals surface area contributed by atoms with Gasteiger partial charge >= 0.3 is 5.97 Å². The van der Waals surface area contributed by atoms with Crippen molar-refractivity contribution >= 4 is 23.2 Å². The van der Waals surface area contributed by atoms with Crippen LogP contribution >= 0.6 is 11.3 Å². The van der Waals surface area contributed by atoms with Gasteiger partial charge in [0.2, 0.25) is 0 Å². The zero-order chi connectivity index (χ0) is 17.1. The van der Waals surface area contributed by atoms with E-state index in [1.807, 2.05) is 0 Å². The summed E-state index contributed by atoms with van der Waals surface area (Å²) in [5.41, 5.74) is 0.637. The normalized spacial score (nSPS) is 11.8. The molecule has 0 radical (unpaired) electrons. The number of halogens is 1. The molecule has 23 heavy (non-hydrogen) atoms. The molecule has 8 heteroatoms. The van der Waals surface area contributed by atoms with Crippen molar-refractivity contribution in [2.75, 3.05) is 7.11 Å². The monoisotopic (exact) mass is 338 g/mol. The zero-order valence-electron chi connectivity index (χ0n) is 12.7. The summed E-state index contributed by atoms with van der Waals surface area (Å²) in [5, 5.41) is 12.4. The van der Waals surface area contributed by atoms with Gasteiger partial charge in [-0.05, 0) is 31.5 Å². The first-order valence-corrected chi connectivity index (χ1v) is 7.46. The van der Waals surface area contributed by atoms with E-state index in [1.165, 1.54) is 30.6 Å². The van der Waals surface area contributed by atoms with Crippen molar-refractivity contribution in [1.82, 2.24) is 10.3 Å². The number of aliphatic carboxylic acids is 1. The second-order valence-electron chi connectivity index (χ2n) is 4.79. The van der Waals surface area contributed by atoms with Crippen LogP contribution in [-0.2, 0) is 4.79 Å². The number of nitrogens with zero attached hydrogens (tertiary/aromatic N) is 1. The highest BCUT2D eigenvalue weighted by atomic mass is 32.1. The van der Waals surface area contributed by atoms with E-state index in [2.05, 4.69) is 10.3 Å². The van der Waals surface area contributed by atoms with E-state index in [1.54, 1.807) is 13.8 Å². The van der Waals surface area contributed by atoms with Crippen molar-refractivity contribution in [3.8, 4) is 5.75 Å². The number of aryl methyl sites for hydroxylation is 2. The molecule has 2 rings (SSSR count). The van der Waals surface area contributed by atoms with Crippen LogP contribution in [-0.4, -0.2) is 29.1 Å². The van der Waals surface area contributed by atoms with Crippen molar-refractivity contribution in [3.63, 3.8) is 0 Å². The van der Waals surface area contributed by atoms with Crippen LogP contribution in [0.5, 0.6) is 5.75 Å². The van der Waals surface area contributed by atoms with Gasteiger partial charge in [0.25, 0.3) is 5.91 Å². The Hall–Kier alpha value is -2.48. The van der Waals surface area contributed by atoms with Gasteiger partial charge < -0.3 is 15.2 Å². The molecule has 0 saturated carbocycles. The molecule has 1 aromatic heterocycles.